The molecule has 2 rings (SSSR count). The van der Waals surface area contributed by atoms with Crippen molar-refractivity contribution in [2.75, 3.05) is 5.75 Å². The average molecular weight is 897 g/mol. The van der Waals surface area contributed by atoms with E-state index in [1.54, 1.807) is 0 Å². The van der Waals surface area contributed by atoms with Gasteiger partial charge in [-0.25, -0.2) is 4.79 Å². The van der Waals surface area contributed by atoms with Crippen LogP contribution in [0, 0.1) is 4.84 Å². The largest absolute Gasteiger partial charge is 0.460 e. The van der Waals surface area contributed by atoms with Gasteiger partial charge in [0.2, 0.25) is 5.89 Å². The van der Waals surface area contributed by atoms with Crippen LogP contribution in [-0.4, -0.2) is 77.6 Å². The summed E-state index contributed by atoms with van der Waals surface area (Å²) < 4.78 is 262. The molecule has 0 spiro atoms. The van der Waals surface area contributed by atoms with Crippen LogP contribution < -0.4 is 8.91 Å². The van der Waals surface area contributed by atoms with Crippen LogP contribution in [-0.2, 0) is 16.1 Å². The van der Waals surface area contributed by atoms with Gasteiger partial charge in [0.15, 0.2) is 5.75 Å². The number of alkyl halides is 17. The van der Waals surface area contributed by atoms with Gasteiger partial charge in [0.05, 0.1) is 15.8 Å². The molecule has 1 amide bonds. The van der Waals surface area contributed by atoms with E-state index in [4.69, 9.17) is 34.8 Å². The fourth-order valence-electron chi connectivity index (χ4n) is 3.11. The summed E-state index contributed by atoms with van der Waals surface area (Å²) in [4.78, 5) is 11.3. The van der Waals surface area contributed by atoms with E-state index in [1.165, 1.54) is 4.72 Å². The zero-order valence-electron chi connectivity index (χ0n) is 23.0. The number of halogens is 20. The maximum absolute atomic E-state index is 14.1. The van der Waals surface area contributed by atoms with Crippen molar-refractivity contribution < 1.29 is 96.4 Å². The van der Waals surface area contributed by atoms with E-state index in [9.17, 15) is 87.8 Å². The predicted molar refractivity (Wildman–Crippen MR) is 142 cm³/mol. The average Bonchev–Trinajstić information content (AvgIpc) is 3.32. The highest BCUT2D eigenvalue weighted by Gasteiger charge is 2.95. The summed E-state index contributed by atoms with van der Waals surface area (Å²) in [5.74, 6) is -61.4. The second kappa shape index (κ2) is 14.2. The minimum atomic E-state index is -8.74. The minimum absolute atomic E-state index is 0.0547. The maximum Gasteiger partial charge on any atom is 0.460 e. The molecule has 1 aromatic heterocycles. The number of benzene rings is 1. The summed E-state index contributed by atoms with van der Waals surface area (Å²) in [6.45, 7) is 0. The Balaban J connectivity index is 2.18. The molecule has 0 fully saturated rings. The highest BCUT2D eigenvalue weighted by atomic mass is 35.5. The first kappa shape index (κ1) is 45.0. The van der Waals surface area contributed by atoms with Crippen LogP contribution in [0.1, 0.15) is 12.3 Å². The van der Waals surface area contributed by atoms with Crippen LogP contribution in [0.15, 0.2) is 16.5 Å². The van der Waals surface area contributed by atoms with Crippen molar-refractivity contribution in [2.45, 2.75) is 59.8 Å². The fourth-order valence-corrected chi connectivity index (χ4v) is 5.89. The number of amides is 1. The number of nitrogens with one attached hydrogen (secondary N) is 1. The molecule has 0 bridgehead atoms. The topological polar surface area (TPSA) is 103 Å². The van der Waals surface area contributed by atoms with Gasteiger partial charge in [-0.2, -0.15) is 99.5 Å². The third kappa shape index (κ3) is 8.18. The highest BCUT2D eigenvalue weighted by Crippen LogP contribution is 2.64. The molecule has 51 heavy (non-hydrogen) atoms. The van der Waals surface area contributed by atoms with Gasteiger partial charge in [-0.3, -0.25) is 0 Å². The van der Waals surface area contributed by atoms with Gasteiger partial charge >= 0.3 is 64.0 Å². The molecule has 0 radical (unpaired) electrons. The van der Waals surface area contributed by atoms with E-state index >= 15 is 0 Å². The second-order valence-electron chi connectivity index (χ2n) is 9.27. The van der Waals surface area contributed by atoms with Crippen molar-refractivity contribution in [1.82, 2.24) is 14.5 Å². The lowest BCUT2D eigenvalue weighted by Gasteiger charge is -2.42. The van der Waals surface area contributed by atoms with Gasteiger partial charge in [-0.15, -0.1) is 9.78 Å². The van der Waals surface area contributed by atoms with E-state index in [0.29, 0.717) is 0 Å². The molecule has 1 aromatic carbocycles. The molecule has 1 N–H and O–H groups in total. The number of nitrogens with zero attached hydrogens (tertiary/aromatic N) is 2. The summed E-state index contributed by atoms with van der Waals surface area (Å²) in [6, 6.07) is 0.165. The number of rotatable bonds is 14. The van der Waals surface area contributed by atoms with Crippen molar-refractivity contribution in [3.63, 3.8) is 0 Å². The van der Waals surface area contributed by atoms with Crippen molar-refractivity contribution in [3.05, 3.63) is 37.9 Å². The molecule has 0 aliphatic heterocycles. The number of thioether (sulfide) groups is 1. The molecule has 0 unspecified atom stereocenters. The standard InChI is InChI=1S/C20H9Cl3F17N3O5S3/c21-6-3-7(22)10(8(23)4-6)48-51(45,46)42-11(44)43-12(49)47-9(41-43)5-50-2-1-13(24,25)14(26,27)15(28,29)16(30,31)17(32,33)18(34,35)19(36,37)20(38,39)40/h3-4H,1-2,5H2,(H,42,44). The lowest BCUT2D eigenvalue weighted by Crippen LogP contribution is -2.74. The third-order valence-corrected chi connectivity index (χ3v) is 8.51. The monoisotopic (exact) mass is 895 g/mol. The summed E-state index contributed by atoms with van der Waals surface area (Å²) in [5.41, 5.74) is 0. The van der Waals surface area contributed by atoms with Crippen LogP contribution in [0.2, 0.25) is 15.1 Å². The molecular weight excluding hydrogens is 888 g/mol. The summed E-state index contributed by atoms with van der Waals surface area (Å²) in [6.07, 6.45) is -10.6. The van der Waals surface area contributed by atoms with E-state index in [-0.39, 0.29) is 21.5 Å². The van der Waals surface area contributed by atoms with Gasteiger partial charge < -0.3 is 8.60 Å². The number of carbonyl (C=O) groups excluding carboxylic acids is 1. The zero-order chi connectivity index (χ0) is 40.2. The molecule has 0 atom stereocenters. The molecule has 2 aromatic rings. The van der Waals surface area contributed by atoms with Crippen LogP contribution in [0.5, 0.6) is 5.75 Å². The first-order valence-electron chi connectivity index (χ1n) is 11.8. The number of aromatic nitrogens is 2. The van der Waals surface area contributed by atoms with E-state index in [1.807, 2.05) is 0 Å². The Labute approximate surface area is 294 Å². The van der Waals surface area contributed by atoms with Crippen LogP contribution in [0.25, 0.3) is 0 Å². The molecule has 292 valence electrons. The van der Waals surface area contributed by atoms with Crippen molar-refractivity contribution in [2.24, 2.45) is 0 Å². The van der Waals surface area contributed by atoms with Gasteiger partial charge in [-0.1, -0.05) is 34.8 Å². The van der Waals surface area contributed by atoms with Gasteiger partial charge in [-0.05, 0) is 30.1 Å². The van der Waals surface area contributed by atoms with Gasteiger partial charge in [0.25, 0.3) is 4.84 Å². The predicted octanol–water partition coefficient (Wildman–Crippen LogP) is 9.68. The van der Waals surface area contributed by atoms with Crippen LogP contribution in [0.3, 0.4) is 0 Å². The zero-order valence-corrected chi connectivity index (χ0v) is 27.7. The van der Waals surface area contributed by atoms with E-state index < -0.39 is 108 Å². The first-order valence-corrected chi connectivity index (χ1v) is 15.9. The van der Waals surface area contributed by atoms with Crippen molar-refractivity contribution >= 4 is 75.1 Å². The lowest BCUT2D eigenvalue weighted by atomic mass is 9.88. The summed E-state index contributed by atoms with van der Waals surface area (Å²) in [7, 11) is -5.16. The maximum atomic E-state index is 14.1. The Morgan fingerprint density at radius 1 is 0.804 bits per heavy atom. The van der Waals surface area contributed by atoms with E-state index in [2.05, 4.69) is 25.9 Å². The van der Waals surface area contributed by atoms with Gasteiger partial charge in [0.1, 0.15) is 0 Å². The van der Waals surface area contributed by atoms with Crippen molar-refractivity contribution in [3.8, 4) is 5.75 Å². The molecule has 8 nitrogen and oxygen atoms in total. The summed E-state index contributed by atoms with van der Waals surface area (Å²) in [5, 5.41) is 2.26. The normalized spacial score (nSPS) is 14.5. The van der Waals surface area contributed by atoms with E-state index in [0.717, 1.165) is 12.1 Å². The SMILES string of the molecule is O=C(NS(=O)(=O)Oc1c(Cl)cc(Cl)cc1Cl)n1nc(CSCCC(F)(F)C(F)(F)C(F)(F)C(F)(F)C(F)(F)C(F)(F)C(F)(F)C(F)(F)F)oc1=S. The summed E-state index contributed by atoms with van der Waals surface area (Å²) >= 11 is 21.6. The Bertz CT molecular complexity index is 1780. The Morgan fingerprint density at radius 2 is 1.24 bits per heavy atom. The molecular formula is C20H9Cl3F17N3O5S3. The number of hydrogen-bond donors (Lipinski definition) is 1. The smallest absolute Gasteiger partial charge is 0.413 e. The number of carbonyl (C=O) groups is 1. The minimum Gasteiger partial charge on any atom is -0.413 e. The molecule has 0 saturated heterocycles. The molecule has 0 aliphatic carbocycles. The lowest BCUT2D eigenvalue weighted by molar-refractivity contribution is -0.461. The molecule has 31 heteroatoms. The van der Waals surface area contributed by atoms with Crippen LogP contribution >= 0.6 is 58.8 Å². The molecule has 1 heterocycles. The van der Waals surface area contributed by atoms with Gasteiger partial charge in [0, 0.05) is 11.4 Å². The van der Waals surface area contributed by atoms with Crippen molar-refractivity contribution in [1.29, 1.82) is 0 Å². The first-order chi connectivity index (χ1) is 22.5. The van der Waals surface area contributed by atoms with Crippen LogP contribution in [0.4, 0.5) is 79.4 Å². The Kier molecular flexibility index (Phi) is 12.6. The highest BCUT2D eigenvalue weighted by molar-refractivity contribution is 7.98. The Morgan fingerprint density at radius 3 is 1.69 bits per heavy atom. The Hall–Kier alpha value is -2.17. The number of hydrogen-bond acceptors (Lipinski definition) is 8. The fraction of sp³-hybridized carbons (Fsp3) is 0.550. The third-order valence-electron chi connectivity index (χ3n) is 5.72. The molecule has 0 aliphatic rings. The quantitative estimate of drug-likeness (QED) is 0.114. The second-order valence-corrected chi connectivity index (χ2v) is 13.3. The molecule has 0 saturated carbocycles.